The summed E-state index contributed by atoms with van der Waals surface area (Å²) in [6, 6.07) is 8.97. The van der Waals surface area contributed by atoms with E-state index in [-0.39, 0.29) is 43.6 Å². The molecule has 1 N–H and O–H groups in total. The van der Waals surface area contributed by atoms with Crippen molar-refractivity contribution in [1.82, 2.24) is 14.8 Å². The number of ether oxygens (including phenoxy) is 1. The second-order valence-electron chi connectivity index (χ2n) is 11.1. The standard InChI is InChI=1S/C28H32F5N3O/c1-17-10-20-19-6-4-5-7-23(19)34-25(20)26(36(17)14-27(2,3)32)24-21(30)11-18(12-22(24)31)37-9-8-35-15-28(33,13-29)16-35/h4-7,11-12,17,26,34H,8-10,13-16H2,1-3H3/t17-,26-/m1/s1. The molecule has 4 nitrogen and oxygen atoms in total. The number of benzene rings is 2. The molecule has 2 aromatic carbocycles. The Morgan fingerprint density at radius 1 is 1.14 bits per heavy atom. The molecule has 200 valence electrons. The van der Waals surface area contributed by atoms with Crippen molar-refractivity contribution in [2.75, 3.05) is 39.5 Å². The summed E-state index contributed by atoms with van der Waals surface area (Å²) in [6.45, 7) is 4.17. The number of alkyl halides is 3. The Hall–Kier alpha value is -2.65. The van der Waals surface area contributed by atoms with E-state index in [0.29, 0.717) is 18.7 Å². The highest BCUT2D eigenvalue weighted by Gasteiger charge is 2.43. The first kappa shape index (κ1) is 26.0. The summed E-state index contributed by atoms with van der Waals surface area (Å²) >= 11 is 0. The van der Waals surface area contributed by atoms with Gasteiger partial charge in [0.25, 0.3) is 0 Å². The van der Waals surface area contributed by atoms with Crippen LogP contribution in [-0.4, -0.2) is 71.6 Å². The van der Waals surface area contributed by atoms with Gasteiger partial charge in [-0.2, -0.15) is 0 Å². The number of para-hydroxylation sites is 1. The number of fused-ring (bicyclic) bond motifs is 3. The summed E-state index contributed by atoms with van der Waals surface area (Å²) in [5.41, 5.74) is -1.05. The first-order chi connectivity index (χ1) is 17.5. The predicted octanol–water partition coefficient (Wildman–Crippen LogP) is 5.90. The second kappa shape index (κ2) is 9.58. The van der Waals surface area contributed by atoms with Crippen LogP contribution >= 0.6 is 0 Å². The third-order valence-corrected chi connectivity index (χ3v) is 7.33. The van der Waals surface area contributed by atoms with E-state index in [1.165, 1.54) is 13.8 Å². The summed E-state index contributed by atoms with van der Waals surface area (Å²) in [4.78, 5) is 6.85. The molecule has 9 heteroatoms. The molecule has 3 aromatic rings. The maximum Gasteiger partial charge on any atom is 0.164 e. The van der Waals surface area contributed by atoms with Gasteiger partial charge in [-0.15, -0.1) is 0 Å². The summed E-state index contributed by atoms with van der Waals surface area (Å²) in [7, 11) is 0. The van der Waals surface area contributed by atoms with Gasteiger partial charge >= 0.3 is 0 Å². The molecule has 0 amide bonds. The molecule has 1 fully saturated rings. The van der Waals surface area contributed by atoms with Crippen molar-refractivity contribution >= 4 is 10.9 Å². The number of rotatable bonds is 8. The number of aromatic amines is 1. The van der Waals surface area contributed by atoms with Crippen molar-refractivity contribution in [3.63, 3.8) is 0 Å². The molecule has 0 aliphatic carbocycles. The molecule has 2 aliphatic heterocycles. The highest BCUT2D eigenvalue weighted by atomic mass is 19.2. The average molecular weight is 522 g/mol. The normalized spacial score (nSPS) is 22.2. The largest absolute Gasteiger partial charge is 0.492 e. The van der Waals surface area contributed by atoms with Crippen LogP contribution < -0.4 is 4.74 Å². The van der Waals surface area contributed by atoms with Gasteiger partial charge in [-0.05, 0) is 38.8 Å². The van der Waals surface area contributed by atoms with Gasteiger partial charge < -0.3 is 9.72 Å². The number of nitrogens with one attached hydrogen (secondary N) is 1. The van der Waals surface area contributed by atoms with Crippen molar-refractivity contribution in [2.45, 2.75) is 50.6 Å². The van der Waals surface area contributed by atoms with E-state index in [1.54, 1.807) is 4.90 Å². The van der Waals surface area contributed by atoms with E-state index in [1.807, 2.05) is 36.1 Å². The molecule has 0 unspecified atom stereocenters. The van der Waals surface area contributed by atoms with Gasteiger partial charge in [-0.1, -0.05) is 18.2 Å². The summed E-state index contributed by atoms with van der Waals surface area (Å²) < 4.78 is 78.0. The third-order valence-electron chi connectivity index (χ3n) is 7.33. The van der Waals surface area contributed by atoms with Gasteiger partial charge in [0, 0.05) is 66.5 Å². The zero-order valence-electron chi connectivity index (χ0n) is 21.3. The molecular formula is C28H32F5N3O. The molecule has 0 radical (unpaired) electrons. The first-order valence-electron chi connectivity index (χ1n) is 12.6. The van der Waals surface area contributed by atoms with E-state index in [9.17, 15) is 13.2 Å². The number of nitrogens with zero attached hydrogens (tertiary/aromatic N) is 2. The molecule has 37 heavy (non-hydrogen) atoms. The van der Waals surface area contributed by atoms with Crippen LogP contribution in [0.1, 0.15) is 43.6 Å². The lowest BCUT2D eigenvalue weighted by molar-refractivity contribution is -0.0513. The highest BCUT2D eigenvalue weighted by Crippen LogP contribution is 2.43. The predicted molar refractivity (Wildman–Crippen MR) is 133 cm³/mol. The quantitative estimate of drug-likeness (QED) is 0.375. The Bertz CT molecular complexity index is 1260. The maximum absolute atomic E-state index is 15.6. The fourth-order valence-corrected chi connectivity index (χ4v) is 5.69. The minimum absolute atomic E-state index is 0.00442. The molecule has 0 bridgehead atoms. The maximum atomic E-state index is 15.6. The van der Waals surface area contributed by atoms with Gasteiger partial charge in [-0.3, -0.25) is 9.80 Å². The van der Waals surface area contributed by atoms with E-state index in [2.05, 4.69) is 4.98 Å². The SMILES string of the molecule is C[C@@H]1Cc2c([nH]c3ccccc23)[C@@H](c2c(F)cc(OCCN3CC(F)(CF)C3)cc2F)N1CC(C)(C)F. The molecule has 0 spiro atoms. The third kappa shape index (κ3) is 5.08. The number of aromatic nitrogens is 1. The first-order valence-corrected chi connectivity index (χ1v) is 12.6. The number of likely N-dealkylation sites (tertiary alicyclic amines) is 1. The van der Waals surface area contributed by atoms with Crippen LogP contribution in [0.4, 0.5) is 22.0 Å². The molecule has 2 aliphatic rings. The van der Waals surface area contributed by atoms with Crippen molar-refractivity contribution in [3.8, 4) is 5.75 Å². The van der Waals surface area contributed by atoms with E-state index in [4.69, 9.17) is 4.74 Å². The highest BCUT2D eigenvalue weighted by molar-refractivity contribution is 5.85. The zero-order chi connectivity index (χ0) is 26.5. The molecule has 1 saturated heterocycles. The number of H-pyrrole nitrogens is 1. The second-order valence-corrected chi connectivity index (χ2v) is 11.1. The van der Waals surface area contributed by atoms with Crippen LogP contribution in [0.3, 0.4) is 0 Å². The molecule has 2 atom stereocenters. The van der Waals surface area contributed by atoms with Crippen LogP contribution in [0, 0.1) is 11.6 Å². The number of hydrogen-bond donors (Lipinski definition) is 1. The van der Waals surface area contributed by atoms with Gasteiger partial charge in [0.1, 0.15) is 36.3 Å². The van der Waals surface area contributed by atoms with Crippen LogP contribution in [-0.2, 0) is 6.42 Å². The monoisotopic (exact) mass is 521 g/mol. The number of hydrogen-bond acceptors (Lipinski definition) is 3. The van der Waals surface area contributed by atoms with Gasteiger partial charge in [0.2, 0.25) is 0 Å². The van der Waals surface area contributed by atoms with Gasteiger partial charge in [-0.25, -0.2) is 22.0 Å². The molecule has 1 aromatic heterocycles. The molecule has 5 rings (SSSR count). The van der Waals surface area contributed by atoms with Crippen molar-refractivity contribution in [3.05, 3.63) is 64.9 Å². The van der Waals surface area contributed by atoms with Crippen molar-refractivity contribution < 1.29 is 26.7 Å². The van der Waals surface area contributed by atoms with Gasteiger partial charge in [0.05, 0.1) is 6.04 Å². The van der Waals surface area contributed by atoms with Gasteiger partial charge in [0.15, 0.2) is 5.67 Å². The van der Waals surface area contributed by atoms with E-state index < -0.39 is 35.7 Å². The molecule has 0 saturated carbocycles. The minimum Gasteiger partial charge on any atom is -0.492 e. The Morgan fingerprint density at radius 3 is 2.46 bits per heavy atom. The van der Waals surface area contributed by atoms with Crippen molar-refractivity contribution in [1.29, 1.82) is 0 Å². The van der Waals surface area contributed by atoms with E-state index >= 15 is 8.78 Å². The summed E-state index contributed by atoms with van der Waals surface area (Å²) in [6.07, 6.45) is 0.620. The molecule has 3 heterocycles. The van der Waals surface area contributed by atoms with Crippen LogP contribution in [0.25, 0.3) is 10.9 Å². The topological polar surface area (TPSA) is 31.5 Å². The summed E-state index contributed by atoms with van der Waals surface area (Å²) in [5.74, 6) is -1.57. The minimum atomic E-state index is -1.81. The lowest BCUT2D eigenvalue weighted by Crippen LogP contribution is -2.60. The fourth-order valence-electron chi connectivity index (χ4n) is 5.69. The Kier molecular flexibility index (Phi) is 6.73. The van der Waals surface area contributed by atoms with Crippen molar-refractivity contribution in [2.24, 2.45) is 0 Å². The Labute approximate surface area is 213 Å². The summed E-state index contributed by atoms with van der Waals surface area (Å²) in [5, 5.41) is 0.991. The smallest absolute Gasteiger partial charge is 0.164 e. The lowest BCUT2D eigenvalue weighted by Gasteiger charge is -2.43. The lowest BCUT2D eigenvalue weighted by atomic mass is 9.87. The van der Waals surface area contributed by atoms with Crippen LogP contribution in [0.5, 0.6) is 5.75 Å². The fraction of sp³-hybridized carbons (Fsp3) is 0.500. The average Bonchev–Trinajstić information content (AvgIpc) is 3.16. The zero-order valence-corrected chi connectivity index (χ0v) is 21.3. The van der Waals surface area contributed by atoms with E-state index in [0.717, 1.165) is 28.6 Å². The van der Waals surface area contributed by atoms with Crippen LogP contribution in [0.2, 0.25) is 0 Å². The molecular weight excluding hydrogens is 489 g/mol. The Balaban J connectivity index is 1.45. The van der Waals surface area contributed by atoms with Crippen LogP contribution in [0.15, 0.2) is 36.4 Å². The number of halogens is 5. The Morgan fingerprint density at radius 2 is 1.81 bits per heavy atom.